The van der Waals surface area contributed by atoms with Crippen molar-refractivity contribution in [3.05, 3.63) is 40.4 Å². The van der Waals surface area contributed by atoms with Crippen LogP contribution in [-0.4, -0.2) is 15.0 Å². The summed E-state index contributed by atoms with van der Waals surface area (Å²) in [5, 5.41) is 0. The maximum atomic E-state index is 11.9. The first-order valence-corrected chi connectivity index (χ1v) is 7.68. The molecule has 0 spiro atoms. The molecule has 1 rings (SSSR count). The van der Waals surface area contributed by atoms with E-state index in [0.29, 0.717) is 17.9 Å². The first-order valence-electron chi connectivity index (χ1n) is 5.28. The van der Waals surface area contributed by atoms with E-state index in [-0.39, 0.29) is 0 Å². The molecular formula is C12H16BrNO2S. The predicted molar refractivity (Wildman–Crippen MR) is 73.7 cm³/mol. The van der Waals surface area contributed by atoms with Crippen molar-refractivity contribution in [1.82, 2.24) is 4.72 Å². The summed E-state index contributed by atoms with van der Waals surface area (Å²) in [5.41, 5.74) is 2.14. The molecule has 0 fully saturated rings. The number of halogens is 1. The van der Waals surface area contributed by atoms with Gasteiger partial charge in [-0.05, 0) is 37.4 Å². The summed E-state index contributed by atoms with van der Waals surface area (Å²) in [6, 6.07) is 6.81. The zero-order valence-electron chi connectivity index (χ0n) is 9.90. The fraction of sp³-hybridized carbons (Fsp3) is 0.333. The minimum Gasteiger partial charge on any atom is -0.211 e. The Morgan fingerprint density at radius 1 is 1.35 bits per heavy atom. The lowest BCUT2D eigenvalue weighted by molar-refractivity contribution is 0.581. The normalized spacial score (nSPS) is 12.8. The van der Waals surface area contributed by atoms with Crippen LogP contribution in [0.5, 0.6) is 0 Å². The Hall–Kier alpha value is -0.650. The van der Waals surface area contributed by atoms with Crippen molar-refractivity contribution in [2.24, 2.45) is 0 Å². The second kappa shape index (κ2) is 6.33. The molecule has 0 aliphatic carbocycles. The fourth-order valence-electron chi connectivity index (χ4n) is 1.24. The number of sulfonamides is 1. The van der Waals surface area contributed by atoms with E-state index in [4.69, 9.17) is 0 Å². The molecule has 0 unspecified atom stereocenters. The second-order valence-corrected chi connectivity index (χ2v) is 6.14. The summed E-state index contributed by atoms with van der Waals surface area (Å²) in [6.07, 6.45) is 0.691. The Bertz CT molecular complexity index is 492. The third-order valence-corrected chi connectivity index (χ3v) is 4.59. The first kappa shape index (κ1) is 14.4. The van der Waals surface area contributed by atoms with E-state index in [9.17, 15) is 8.42 Å². The quantitative estimate of drug-likeness (QED) is 0.907. The molecule has 0 aliphatic heterocycles. The van der Waals surface area contributed by atoms with Gasteiger partial charge in [0.2, 0.25) is 10.0 Å². The van der Waals surface area contributed by atoms with Crippen LogP contribution in [0.15, 0.2) is 39.7 Å². The third-order valence-electron chi connectivity index (χ3n) is 2.33. The number of benzene rings is 1. The molecule has 0 saturated carbocycles. The molecule has 0 atom stereocenters. The first-order chi connectivity index (χ1) is 7.95. The Labute approximate surface area is 111 Å². The summed E-state index contributed by atoms with van der Waals surface area (Å²) in [7, 11) is -3.37. The van der Waals surface area contributed by atoms with Crippen LogP contribution in [0, 0.1) is 6.92 Å². The Morgan fingerprint density at radius 3 is 2.47 bits per heavy atom. The molecule has 17 heavy (non-hydrogen) atoms. The molecule has 0 radical (unpaired) electrons. The Morgan fingerprint density at radius 2 is 1.94 bits per heavy atom. The number of hydrogen-bond donors (Lipinski definition) is 1. The van der Waals surface area contributed by atoms with E-state index in [0.717, 1.165) is 11.1 Å². The fourth-order valence-corrected chi connectivity index (χ4v) is 2.50. The maximum Gasteiger partial charge on any atom is 0.240 e. The van der Waals surface area contributed by atoms with E-state index < -0.39 is 10.0 Å². The smallest absolute Gasteiger partial charge is 0.211 e. The van der Waals surface area contributed by atoms with Crippen LogP contribution in [-0.2, 0) is 10.0 Å². The average Bonchev–Trinajstić information content (AvgIpc) is 2.29. The molecule has 3 nitrogen and oxygen atoms in total. The zero-order valence-corrected chi connectivity index (χ0v) is 12.3. The summed E-state index contributed by atoms with van der Waals surface area (Å²) in [4.78, 5) is 2.11. The highest BCUT2D eigenvalue weighted by Gasteiger charge is 2.12. The highest BCUT2D eigenvalue weighted by atomic mass is 79.9. The number of nitrogens with one attached hydrogen (secondary N) is 1. The predicted octanol–water partition coefficient (Wildman–Crippen LogP) is 2.96. The van der Waals surface area contributed by atoms with Crippen LogP contribution in [0.1, 0.15) is 18.9 Å². The van der Waals surface area contributed by atoms with E-state index in [1.165, 1.54) is 0 Å². The SMILES string of the molecule is C/C(=C/Br)CCNS(=O)(=O)c1ccc(C)cc1. The number of aryl methyl sites for hydroxylation is 1. The topological polar surface area (TPSA) is 46.2 Å². The van der Waals surface area contributed by atoms with Crippen molar-refractivity contribution >= 4 is 26.0 Å². The number of rotatable bonds is 5. The van der Waals surface area contributed by atoms with Crippen LogP contribution in [0.3, 0.4) is 0 Å². The Kier molecular flexibility index (Phi) is 5.36. The van der Waals surface area contributed by atoms with E-state index >= 15 is 0 Å². The molecule has 0 saturated heterocycles. The van der Waals surface area contributed by atoms with Gasteiger partial charge in [0.05, 0.1) is 4.90 Å². The van der Waals surface area contributed by atoms with Crippen LogP contribution in [0.2, 0.25) is 0 Å². The lowest BCUT2D eigenvalue weighted by atomic mass is 10.2. The van der Waals surface area contributed by atoms with Crippen molar-refractivity contribution < 1.29 is 8.42 Å². The largest absolute Gasteiger partial charge is 0.240 e. The van der Waals surface area contributed by atoms with E-state index in [1.54, 1.807) is 29.3 Å². The van der Waals surface area contributed by atoms with Gasteiger partial charge in [-0.3, -0.25) is 0 Å². The lowest BCUT2D eigenvalue weighted by Crippen LogP contribution is -2.24. The Balaban J connectivity index is 2.66. The van der Waals surface area contributed by atoms with Crippen LogP contribution in [0.4, 0.5) is 0 Å². The molecule has 0 aromatic heterocycles. The van der Waals surface area contributed by atoms with Crippen molar-refractivity contribution in [1.29, 1.82) is 0 Å². The lowest BCUT2D eigenvalue weighted by Gasteiger charge is -2.06. The summed E-state index contributed by atoms with van der Waals surface area (Å²) < 4.78 is 26.3. The van der Waals surface area contributed by atoms with Gasteiger partial charge in [0, 0.05) is 6.54 Å². The van der Waals surface area contributed by atoms with Gasteiger partial charge in [-0.1, -0.05) is 39.2 Å². The maximum absolute atomic E-state index is 11.9. The van der Waals surface area contributed by atoms with Gasteiger partial charge in [-0.15, -0.1) is 0 Å². The van der Waals surface area contributed by atoms with Crippen LogP contribution < -0.4 is 4.72 Å². The standard InChI is InChI=1S/C12H16BrNO2S/c1-10-3-5-12(6-4-10)17(15,16)14-8-7-11(2)9-13/h3-6,9,14H,7-8H2,1-2H3/b11-9-. The molecule has 0 amide bonds. The molecular weight excluding hydrogens is 302 g/mol. The van der Waals surface area contributed by atoms with Crippen LogP contribution >= 0.6 is 15.9 Å². The summed E-state index contributed by atoms with van der Waals surface area (Å²) in [5.74, 6) is 0. The molecule has 0 heterocycles. The van der Waals surface area contributed by atoms with Gasteiger partial charge >= 0.3 is 0 Å². The molecule has 0 aliphatic rings. The van der Waals surface area contributed by atoms with Gasteiger partial charge in [-0.25, -0.2) is 13.1 Å². The van der Waals surface area contributed by atoms with Crippen molar-refractivity contribution in [2.45, 2.75) is 25.2 Å². The molecule has 1 aromatic carbocycles. The average molecular weight is 318 g/mol. The van der Waals surface area contributed by atoms with Gasteiger partial charge < -0.3 is 0 Å². The second-order valence-electron chi connectivity index (χ2n) is 3.92. The zero-order chi connectivity index (χ0) is 12.9. The summed E-state index contributed by atoms with van der Waals surface area (Å²) in [6.45, 7) is 4.27. The number of hydrogen-bond acceptors (Lipinski definition) is 2. The van der Waals surface area contributed by atoms with Gasteiger partial charge in [0.1, 0.15) is 0 Å². The van der Waals surface area contributed by atoms with Gasteiger partial charge in [-0.2, -0.15) is 0 Å². The minimum absolute atomic E-state index is 0.309. The van der Waals surface area contributed by atoms with Crippen molar-refractivity contribution in [2.75, 3.05) is 6.54 Å². The highest BCUT2D eigenvalue weighted by Crippen LogP contribution is 2.10. The van der Waals surface area contributed by atoms with Gasteiger partial charge in [0.25, 0.3) is 0 Å². The monoisotopic (exact) mass is 317 g/mol. The highest BCUT2D eigenvalue weighted by molar-refractivity contribution is 9.11. The van der Waals surface area contributed by atoms with Crippen LogP contribution in [0.25, 0.3) is 0 Å². The van der Waals surface area contributed by atoms with Crippen molar-refractivity contribution in [3.8, 4) is 0 Å². The summed E-state index contributed by atoms with van der Waals surface area (Å²) >= 11 is 3.21. The molecule has 1 N–H and O–H groups in total. The third kappa shape index (κ3) is 4.61. The van der Waals surface area contributed by atoms with Gasteiger partial charge in [0.15, 0.2) is 0 Å². The van der Waals surface area contributed by atoms with Crippen molar-refractivity contribution in [3.63, 3.8) is 0 Å². The molecule has 5 heteroatoms. The molecule has 94 valence electrons. The molecule has 0 bridgehead atoms. The molecule has 1 aromatic rings. The van der Waals surface area contributed by atoms with E-state index in [2.05, 4.69) is 20.7 Å². The minimum atomic E-state index is -3.37. The van der Waals surface area contributed by atoms with E-state index in [1.807, 2.05) is 13.8 Å².